The van der Waals surface area contributed by atoms with Crippen LogP contribution in [0.4, 0.5) is 0 Å². The molecule has 0 N–H and O–H groups in total. The second-order valence-electron chi connectivity index (χ2n) is 4.76. The fourth-order valence-corrected chi connectivity index (χ4v) is 2.93. The molecular formula is C14H14Cl2N2. The van der Waals surface area contributed by atoms with Crippen molar-refractivity contribution in [2.24, 2.45) is 0 Å². The van der Waals surface area contributed by atoms with Crippen LogP contribution in [0.3, 0.4) is 0 Å². The summed E-state index contributed by atoms with van der Waals surface area (Å²) in [5, 5.41) is 6.02. The van der Waals surface area contributed by atoms with Gasteiger partial charge in [-0.3, -0.25) is 0 Å². The summed E-state index contributed by atoms with van der Waals surface area (Å²) in [5.41, 5.74) is 2.07. The van der Waals surface area contributed by atoms with E-state index >= 15 is 0 Å². The highest BCUT2D eigenvalue weighted by Gasteiger charge is 2.21. The summed E-state index contributed by atoms with van der Waals surface area (Å²) in [4.78, 5) is 0. The van der Waals surface area contributed by atoms with Gasteiger partial charge in [-0.15, -0.1) is 0 Å². The molecule has 0 saturated heterocycles. The van der Waals surface area contributed by atoms with Crippen molar-refractivity contribution in [3.05, 3.63) is 46.2 Å². The second-order valence-corrected chi connectivity index (χ2v) is 5.59. The van der Waals surface area contributed by atoms with Crippen LogP contribution in [-0.4, -0.2) is 9.78 Å². The Morgan fingerprint density at radius 3 is 2.39 bits per heavy atom. The van der Waals surface area contributed by atoms with Crippen molar-refractivity contribution in [1.82, 2.24) is 9.78 Å². The van der Waals surface area contributed by atoms with Crippen molar-refractivity contribution in [3.8, 4) is 5.69 Å². The second kappa shape index (κ2) is 4.94. The molecule has 1 aromatic carbocycles. The van der Waals surface area contributed by atoms with Crippen LogP contribution < -0.4 is 0 Å². The van der Waals surface area contributed by atoms with Crippen LogP contribution in [0.25, 0.3) is 5.69 Å². The van der Waals surface area contributed by atoms with Crippen molar-refractivity contribution in [2.45, 2.75) is 31.6 Å². The number of aromatic nitrogens is 2. The van der Waals surface area contributed by atoms with E-state index in [0.29, 0.717) is 11.1 Å². The minimum atomic E-state index is 0.580. The summed E-state index contributed by atoms with van der Waals surface area (Å²) in [5.74, 6) is 0.580. The van der Waals surface area contributed by atoms with Crippen LogP contribution in [0.1, 0.15) is 37.3 Å². The molecule has 0 amide bonds. The van der Waals surface area contributed by atoms with E-state index in [1.807, 2.05) is 30.3 Å². The molecule has 1 aromatic heterocycles. The number of benzene rings is 1. The molecule has 1 fully saturated rings. The van der Waals surface area contributed by atoms with Crippen molar-refractivity contribution in [2.75, 3.05) is 0 Å². The van der Waals surface area contributed by atoms with Crippen LogP contribution in [-0.2, 0) is 0 Å². The minimum absolute atomic E-state index is 0.580. The lowest BCUT2D eigenvalue weighted by molar-refractivity contribution is 0.679. The summed E-state index contributed by atoms with van der Waals surface area (Å²) < 4.78 is 1.78. The standard InChI is InChI=1S/C14H14Cl2N2/c15-11-5-7-12(8-6-11)18-14(16)9-13(17-18)10-3-1-2-4-10/h5-10H,1-4H2. The van der Waals surface area contributed by atoms with Crippen molar-refractivity contribution < 1.29 is 0 Å². The molecule has 1 saturated carbocycles. The molecule has 0 radical (unpaired) electrons. The normalized spacial score (nSPS) is 16.3. The quantitative estimate of drug-likeness (QED) is 0.770. The highest BCUT2D eigenvalue weighted by molar-refractivity contribution is 6.30. The molecule has 0 bridgehead atoms. The van der Waals surface area contributed by atoms with Gasteiger partial charge in [-0.05, 0) is 43.2 Å². The molecule has 0 atom stereocenters. The maximum Gasteiger partial charge on any atom is 0.133 e. The highest BCUT2D eigenvalue weighted by atomic mass is 35.5. The Bertz CT molecular complexity index is 539. The molecule has 3 rings (SSSR count). The van der Waals surface area contributed by atoms with Gasteiger partial charge in [-0.1, -0.05) is 36.0 Å². The zero-order valence-corrected chi connectivity index (χ0v) is 11.5. The molecule has 1 heterocycles. The lowest BCUT2D eigenvalue weighted by Crippen LogP contribution is -1.99. The van der Waals surface area contributed by atoms with E-state index in [2.05, 4.69) is 5.10 Å². The number of halogens is 2. The van der Waals surface area contributed by atoms with Gasteiger partial charge in [0.2, 0.25) is 0 Å². The summed E-state index contributed by atoms with van der Waals surface area (Å²) in [7, 11) is 0. The number of hydrogen-bond acceptors (Lipinski definition) is 1. The van der Waals surface area contributed by atoms with E-state index in [4.69, 9.17) is 23.2 Å². The van der Waals surface area contributed by atoms with Crippen molar-refractivity contribution in [3.63, 3.8) is 0 Å². The van der Waals surface area contributed by atoms with Gasteiger partial charge in [0.15, 0.2) is 0 Å². The minimum Gasteiger partial charge on any atom is -0.222 e. The maximum atomic E-state index is 6.27. The smallest absolute Gasteiger partial charge is 0.133 e. The molecule has 4 heteroatoms. The first kappa shape index (κ1) is 12.1. The SMILES string of the molecule is Clc1ccc(-n2nc(C3CCCC3)cc2Cl)cc1. The van der Waals surface area contributed by atoms with Crippen molar-refractivity contribution in [1.29, 1.82) is 0 Å². The fourth-order valence-electron chi connectivity index (χ4n) is 2.56. The Morgan fingerprint density at radius 1 is 1.06 bits per heavy atom. The van der Waals surface area contributed by atoms with E-state index in [0.717, 1.165) is 16.4 Å². The Labute approximate surface area is 117 Å². The van der Waals surface area contributed by atoms with Gasteiger partial charge < -0.3 is 0 Å². The van der Waals surface area contributed by atoms with E-state index in [1.54, 1.807) is 4.68 Å². The Hall–Kier alpha value is -0.990. The zero-order valence-electron chi connectivity index (χ0n) is 9.94. The van der Waals surface area contributed by atoms with Crippen LogP contribution >= 0.6 is 23.2 Å². The first-order chi connectivity index (χ1) is 8.74. The first-order valence-electron chi connectivity index (χ1n) is 6.25. The summed E-state index contributed by atoms with van der Waals surface area (Å²) in [6, 6.07) is 9.56. The predicted molar refractivity (Wildman–Crippen MR) is 74.8 cm³/mol. The summed E-state index contributed by atoms with van der Waals surface area (Å²) in [6.45, 7) is 0. The Kier molecular flexibility index (Phi) is 3.31. The molecule has 2 nitrogen and oxygen atoms in total. The Morgan fingerprint density at radius 2 is 1.72 bits per heavy atom. The van der Waals surface area contributed by atoms with Crippen LogP contribution in [0, 0.1) is 0 Å². The third-order valence-corrected chi connectivity index (χ3v) is 4.05. The van der Waals surface area contributed by atoms with Crippen molar-refractivity contribution >= 4 is 23.2 Å². The molecule has 18 heavy (non-hydrogen) atoms. The van der Waals surface area contributed by atoms with Gasteiger partial charge in [0.05, 0.1) is 11.4 Å². The zero-order chi connectivity index (χ0) is 12.5. The highest BCUT2D eigenvalue weighted by Crippen LogP contribution is 2.34. The van der Waals surface area contributed by atoms with Crippen LogP contribution in [0.2, 0.25) is 10.2 Å². The van der Waals surface area contributed by atoms with E-state index in [9.17, 15) is 0 Å². The monoisotopic (exact) mass is 280 g/mol. The summed E-state index contributed by atoms with van der Waals surface area (Å²) in [6.07, 6.45) is 5.06. The molecule has 2 aromatic rings. The third-order valence-electron chi connectivity index (χ3n) is 3.53. The van der Waals surface area contributed by atoms with E-state index in [-0.39, 0.29) is 0 Å². The fraction of sp³-hybridized carbons (Fsp3) is 0.357. The van der Waals surface area contributed by atoms with E-state index < -0.39 is 0 Å². The van der Waals surface area contributed by atoms with Gasteiger partial charge in [-0.25, -0.2) is 4.68 Å². The average Bonchev–Trinajstić information content (AvgIpc) is 2.99. The summed E-state index contributed by atoms with van der Waals surface area (Å²) >= 11 is 12.2. The number of nitrogens with zero attached hydrogens (tertiary/aromatic N) is 2. The number of rotatable bonds is 2. The third kappa shape index (κ3) is 2.27. The average molecular weight is 281 g/mol. The lowest BCUT2D eigenvalue weighted by atomic mass is 10.1. The van der Waals surface area contributed by atoms with Crippen LogP contribution in [0.5, 0.6) is 0 Å². The molecular weight excluding hydrogens is 267 g/mol. The lowest BCUT2D eigenvalue weighted by Gasteiger charge is -2.05. The molecule has 0 spiro atoms. The predicted octanol–water partition coefficient (Wildman–Crippen LogP) is 4.84. The van der Waals surface area contributed by atoms with E-state index in [1.165, 1.54) is 25.7 Å². The largest absolute Gasteiger partial charge is 0.222 e. The topological polar surface area (TPSA) is 17.8 Å². The van der Waals surface area contributed by atoms with Gasteiger partial charge in [0, 0.05) is 10.9 Å². The van der Waals surface area contributed by atoms with Gasteiger partial charge in [-0.2, -0.15) is 5.10 Å². The maximum absolute atomic E-state index is 6.27. The molecule has 0 aliphatic heterocycles. The molecule has 1 aliphatic carbocycles. The van der Waals surface area contributed by atoms with Crippen LogP contribution in [0.15, 0.2) is 30.3 Å². The van der Waals surface area contributed by atoms with Gasteiger partial charge in [0.1, 0.15) is 5.15 Å². The number of hydrogen-bond donors (Lipinski definition) is 0. The molecule has 0 unspecified atom stereocenters. The Balaban J connectivity index is 1.94. The van der Waals surface area contributed by atoms with Gasteiger partial charge in [0.25, 0.3) is 0 Å². The molecule has 94 valence electrons. The van der Waals surface area contributed by atoms with Gasteiger partial charge >= 0.3 is 0 Å². The molecule has 1 aliphatic rings. The first-order valence-corrected chi connectivity index (χ1v) is 7.01.